The lowest BCUT2D eigenvalue weighted by Crippen LogP contribution is -2.13. The maximum absolute atomic E-state index is 11.7. The molecule has 0 aliphatic rings. The van der Waals surface area contributed by atoms with Gasteiger partial charge in [-0.3, -0.25) is 4.79 Å². The highest BCUT2D eigenvalue weighted by molar-refractivity contribution is 5.99. The molecule has 0 saturated heterocycles. The number of carbonyl (C=O) groups is 1. The van der Waals surface area contributed by atoms with Crippen molar-refractivity contribution in [1.29, 1.82) is 0 Å². The normalized spacial score (nSPS) is 11.3. The second-order valence-corrected chi connectivity index (χ2v) is 7.55. The monoisotopic (exact) mass is 450 g/mol. The Labute approximate surface area is 194 Å². The summed E-state index contributed by atoms with van der Waals surface area (Å²) < 4.78 is 16.5. The molecule has 33 heavy (non-hydrogen) atoms. The third-order valence-corrected chi connectivity index (χ3v) is 4.89. The highest BCUT2D eigenvalue weighted by Crippen LogP contribution is 2.22. The zero-order valence-corrected chi connectivity index (χ0v) is 19.4. The Kier molecular flexibility index (Phi) is 9.06. The minimum absolute atomic E-state index is 0.0838. The highest BCUT2D eigenvalue weighted by atomic mass is 16.6. The SMILES string of the molecule is CCCON=C(CC(=O)OC)Cc1cccc(OCCc2nc(-c3ccccc3)oc2C)c1. The molecule has 7 nitrogen and oxygen atoms in total. The van der Waals surface area contributed by atoms with Crippen LogP contribution in [-0.2, 0) is 27.2 Å². The molecule has 3 aromatic rings. The van der Waals surface area contributed by atoms with Crippen molar-refractivity contribution in [2.45, 2.75) is 39.5 Å². The molecule has 0 aliphatic heterocycles. The fraction of sp³-hybridized carbons (Fsp3) is 0.346. The number of rotatable bonds is 12. The maximum Gasteiger partial charge on any atom is 0.311 e. The van der Waals surface area contributed by atoms with E-state index in [9.17, 15) is 4.79 Å². The second-order valence-electron chi connectivity index (χ2n) is 7.55. The molecule has 1 aromatic heterocycles. The number of hydrogen-bond acceptors (Lipinski definition) is 7. The van der Waals surface area contributed by atoms with Gasteiger partial charge in [0.2, 0.25) is 5.89 Å². The first-order valence-electron chi connectivity index (χ1n) is 11.1. The molecule has 0 aliphatic carbocycles. The molecule has 0 amide bonds. The van der Waals surface area contributed by atoms with Crippen molar-refractivity contribution in [3.63, 3.8) is 0 Å². The molecule has 0 spiro atoms. The van der Waals surface area contributed by atoms with Gasteiger partial charge in [0.1, 0.15) is 18.1 Å². The Morgan fingerprint density at radius 2 is 1.91 bits per heavy atom. The predicted octanol–water partition coefficient (Wildman–Crippen LogP) is 5.16. The lowest BCUT2D eigenvalue weighted by atomic mass is 10.1. The first-order valence-corrected chi connectivity index (χ1v) is 11.1. The van der Waals surface area contributed by atoms with E-state index >= 15 is 0 Å². The van der Waals surface area contributed by atoms with Crippen LogP contribution in [0.4, 0.5) is 0 Å². The fourth-order valence-corrected chi connectivity index (χ4v) is 3.20. The van der Waals surface area contributed by atoms with Gasteiger partial charge in [-0.15, -0.1) is 0 Å². The van der Waals surface area contributed by atoms with Crippen molar-refractivity contribution in [3.05, 3.63) is 71.6 Å². The van der Waals surface area contributed by atoms with E-state index in [0.717, 1.165) is 34.8 Å². The van der Waals surface area contributed by atoms with Crippen molar-refractivity contribution < 1.29 is 23.5 Å². The summed E-state index contributed by atoms with van der Waals surface area (Å²) in [6.07, 6.45) is 2.03. The number of ether oxygens (including phenoxy) is 2. The zero-order valence-electron chi connectivity index (χ0n) is 19.4. The Hall–Kier alpha value is -3.61. The summed E-state index contributed by atoms with van der Waals surface area (Å²) in [5.74, 6) is 1.80. The number of aromatic nitrogens is 1. The highest BCUT2D eigenvalue weighted by Gasteiger charge is 2.13. The van der Waals surface area contributed by atoms with Crippen LogP contribution in [0, 0.1) is 6.92 Å². The first kappa shape index (κ1) is 24.0. The van der Waals surface area contributed by atoms with Crippen LogP contribution in [0.5, 0.6) is 5.75 Å². The molecular weight excluding hydrogens is 420 g/mol. The standard InChI is InChI=1S/C26H30N2O5/c1-4-14-32-28-22(18-25(29)30-3)16-20-9-8-12-23(17-20)31-15-13-24-19(2)33-26(27-24)21-10-6-5-7-11-21/h5-12,17H,4,13-16,18H2,1-3H3. The van der Waals surface area contributed by atoms with Crippen LogP contribution in [0.25, 0.3) is 11.5 Å². The van der Waals surface area contributed by atoms with Gasteiger partial charge in [-0.2, -0.15) is 0 Å². The topological polar surface area (TPSA) is 83.2 Å². The lowest BCUT2D eigenvalue weighted by Gasteiger charge is -2.09. The van der Waals surface area contributed by atoms with E-state index in [1.54, 1.807) is 0 Å². The van der Waals surface area contributed by atoms with Gasteiger partial charge < -0.3 is 18.7 Å². The van der Waals surface area contributed by atoms with Crippen molar-refractivity contribution >= 4 is 11.7 Å². The summed E-state index contributed by atoms with van der Waals surface area (Å²) in [7, 11) is 1.36. The smallest absolute Gasteiger partial charge is 0.311 e. The molecule has 0 atom stereocenters. The number of oxazole rings is 1. The zero-order chi connectivity index (χ0) is 23.5. The van der Waals surface area contributed by atoms with Crippen LogP contribution in [0.3, 0.4) is 0 Å². The van der Waals surface area contributed by atoms with E-state index in [0.29, 0.717) is 37.7 Å². The third-order valence-electron chi connectivity index (χ3n) is 4.89. The molecule has 0 unspecified atom stereocenters. The maximum atomic E-state index is 11.7. The minimum Gasteiger partial charge on any atom is -0.493 e. The Bertz CT molecular complexity index is 1060. The van der Waals surface area contributed by atoms with Crippen LogP contribution < -0.4 is 4.74 Å². The average molecular weight is 451 g/mol. The number of methoxy groups -OCH3 is 1. The van der Waals surface area contributed by atoms with Crippen molar-refractivity contribution in [2.24, 2.45) is 5.16 Å². The van der Waals surface area contributed by atoms with Gasteiger partial charge >= 0.3 is 5.97 Å². The molecule has 3 rings (SSSR count). The van der Waals surface area contributed by atoms with E-state index in [1.807, 2.05) is 68.4 Å². The van der Waals surface area contributed by atoms with Crippen LogP contribution in [0.1, 0.15) is 36.8 Å². The van der Waals surface area contributed by atoms with Gasteiger partial charge in [0.15, 0.2) is 0 Å². The number of carbonyl (C=O) groups excluding carboxylic acids is 1. The molecule has 0 fully saturated rings. The predicted molar refractivity (Wildman–Crippen MR) is 126 cm³/mol. The average Bonchev–Trinajstić information content (AvgIpc) is 3.20. The number of hydrogen-bond donors (Lipinski definition) is 0. The molecule has 0 radical (unpaired) electrons. The van der Waals surface area contributed by atoms with Crippen LogP contribution in [-0.4, -0.2) is 37.0 Å². The molecule has 2 aromatic carbocycles. The van der Waals surface area contributed by atoms with Crippen LogP contribution in [0.15, 0.2) is 64.2 Å². The molecule has 0 N–H and O–H groups in total. The molecule has 0 bridgehead atoms. The Morgan fingerprint density at radius 3 is 2.67 bits per heavy atom. The second kappa shape index (κ2) is 12.4. The summed E-state index contributed by atoms with van der Waals surface area (Å²) in [6.45, 7) is 4.88. The molecular formula is C26H30N2O5. The number of esters is 1. The summed E-state index contributed by atoms with van der Waals surface area (Å²) in [5, 5.41) is 4.12. The largest absolute Gasteiger partial charge is 0.493 e. The molecule has 1 heterocycles. The Morgan fingerprint density at radius 1 is 1.09 bits per heavy atom. The van der Waals surface area contributed by atoms with Crippen LogP contribution in [0.2, 0.25) is 0 Å². The van der Waals surface area contributed by atoms with Crippen molar-refractivity contribution in [3.8, 4) is 17.2 Å². The summed E-state index contributed by atoms with van der Waals surface area (Å²) in [5.41, 5.74) is 3.41. The summed E-state index contributed by atoms with van der Waals surface area (Å²) >= 11 is 0. The summed E-state index contributed by atoms with van der Waals surface area (Å²) in [6, 6.07) is 17.6. The van der Waals surface area contributed by atoms with Gasteiger partial charge in [-0.1, -0.05) is 42.4 Å². The number of oxime groups is 1. The van der Waals surface area contributed by atoms with Gasteiger partial charge in [0, 0.05) is 18.4 Å². The van der Waals surface area contributed by atoms with E-state index in [2.05, 4.69) is 10.1 Å². The quantitative estimate of drug-likeness (QED) is 0.164. The van der Waals surface area contributed by atoms with E-state index < -0.39 is 0 Å². The molecule has 7 heteroatoms. The number of benzene rings is 2. The fourth-order valence-electron chi connectivity index (χ4n) is 3.20. The first-order chi connectivity index (χ1) is 16.1. The van der Waals surface area contributed by atoms with E-state index in [1.165, 1.54) is 7.11 Å². The van der Waals surface area contributed by atoms with Crippen molar-refractivity contribution in [2.75, 3.05) is 20.3 Å². The van der Waals surface area contributed by atoms with Gasteiger partial charge in [-0.05, 0) is 43.2 Å². The van der Waals surface area contributed by atoms with E-state index in [-0.39, 0.29) is 12.4 Å². The Balaban J connectivity index is 1.59. The number of nitrogens with zero attached hydrogens (tertiary/aromatic N) is 2. The van der Waals surface area contributed by atoms with Crippen molar-refractivity contribution in [1.82, 2.24) is 4.98 Å². The molecule has 0 saturated carbocycles. The van der Waals surface area contributed by atoms with Gasteiger partial charge in [-0.25, -0.2) is 4.98 Å². The minimum atomic E-state index is -0.348. The third kappa shape index (κ3) is 7.49. The number of aryl methyl sites for hydroxylation is 1. The van der Waals surface area contributed by atoms with Gasteiger partial charge in [0.05, 0.1) is 31.5 Å². The summed E-state index contributed by atoms with van der Waals surface area (Å²) in [4.78, 5) is 21.6. The van der Waals surface area contributed by atoms with Gasteiger partial charge in [0.25, 0.3) is 0 Å². The molecule has 174 valence electrons. The van der Waals surface area contributed by atoms with E-state index in [4.69, 9.17) is 18.7 Å². The lowest BCUT2D eigenvalue weighted by molar-refractivity contribution is -0.139. The van der Waals surface area contributed by atoms with Crippen LogP contribution >= 0.6 is 0 Å².